The predicted octanol–water partition coefficient (Wildman–Crippen LogP) is 3.86. The van der Waals surface area contributed by atoms with Crippen LogP contribution in [0.3, 0.4) is 0 Å². The molecule has 2 aromatic heterocycles. The molecule has 3 N–H and O–H groups in total. The molecule has 0 bridgehead atoms. The zero-order valence-electron chi connectivity index (χ0n) is 17.1. The van der Waals surface area contributed by atoms with Crippen molar-refractivity contribution in [1.82, 2.24) is 14.9 Å². The van der Waals surface area contributed by atoms with E-state index in [0.29, 0.717) is 16.5 Å². The largest absolute Gasteiger partial charge is 0.338 e. The molecule has 32 heavy (non-hydrogen) atoms. The number of likely N-dealkylation sites (tertiary alicyclic amines) is 1. The summed E-state index contributed by atoms with van der Waals surface area (Å²) < 4.78 is 24.2. The molecule has 1 fully saturated rings. The van der Waals surface area contributed by atoms with E-state index < -0.39 is 10.0 Å². The number of sulfonamides is 1. The number of hydrogen-bond acceptors (Lipinski definition) is 7. The molecule has 2 aromatic carbocycles. The highest BCUT2D eigenvalue weighted by atomic mass is 32.2. The van der Waals surface area contributed by atoms with E-state index in [9.17, 15) is 13.2 Å². The fourth-order valence-electron chi connectivity index (χ4n) is 3.91. The number of hydrogen-bond donors (Lipinski definition) is 2. The average molecular weight is 468 g/mol. The summed E-state index contributed by atoms with van der Waals surface area (Å²) in [6.45, 7) is 1.61. The normalized spacial score (nSPS) is 14.7. The second-order valence-electron chi connectivity index (χ2n) is 7.77. The van der Waals surface area contributed by atoms with E-state index in [-0.39, 0.29) is 10.8 Å². The maximum atomic E-state index is 13.0. The monoisotopic (exact) mass is 467 g/mol. The molecule has 0 spiro atoms. The van der Waals surface area contributed by atoms with Crippen LogP contribution in [0, 0.1) is 0 Å². The van der Waals surface area contributed by atoms with E-state index in [2.05, 4.69) is 15.3 Å². The van der Waals surface area contributed by atoms with Crippen LogP contribution in [0.4, 0.5) is 11.6 Å². The molecule has 164 valence electrons. The van der Waals surface area contributed by atoms with Gasteiger partial charge < -0.3 is 10.2 Å². The van der Waals surface area contributed by atoms with E-state index in [1.54, 1.807) is 18.3 Å². The number of aromatic nitrogens is 2. The highest BCUT2D eigenvalue weighted by Crippen LogP contribution is 2.33. The van der Waals surface area contributed by atoms with Gasteiger partial charge in [-0.15, -0.1) is 11.3 Å². The van der Waals surface area contributed by atoms with Crippen molar-refractivity contribution in [2.75, 3.05) is 18.4 Å². The first-order valence-electron chi connectivity index (χ1n) is 10.3. The summed E-state index contributed by atoms with van der Waals surface area (Å²) in [6.07, 6.45) is 4.98. The van der Waals surface area contributed by atoms with Crippen molar-refractivity contribution < 1.29 is 13.2 Å². The fraction of sp³-hybridized carbons (Fsp3) is 0.227. The van der Waals surface area contributed by atoms with Crippen LogP contribution in [-0.4, -0.2) is 42.3 Å². The zero-order valence-corrected chi connectivity index (χ0v) is 18.7. The van der Waals surface area contributed by atoms with E-state index in [1.165, 1.54) is 29.9 Å². The molecule has 8 nitrogen and oxygen atoms in total. The SMILES string of the molecule is NS(=O)(=O)c1cccc(Nc2ncc3ccc4sc(C(=O)N5CCCCC5)cc4c3n2)c1. The second kappa shape index (κ2) is 8.12. The number of carbonyl (C=O) groups is 1. The number of piperidine rings is 1. The Labute approximate surface area is 189 Å². The molecule has 0 unspecified atom stereocenters. The van der Waals surface area contributed by atoms with Gasteiger partial charge in [0.25, 0.3) is 5.91 Å². The van der Waals surface area contributed by atoms with Gasteiger partial charge in [0.1, 0.15) is 0 Å². The van der Waals surface area contributed by atoms with Crippen molar-refractivity contribution in [2.24, 2.45) is 5.14 Å². The summed E-state index contributed by atoms with van der Waals surface area (Å²) in [5, 5.41) is 10.0. The number of thiophene rings is 1. The number of amides is 1. The smallest absolute Gasteiger partial charge is 0.263 e. The lowest BCUT2D eigenvalue weighted by Gasteiger charge is -2.26. The van der Waals surface area contributed by atoms with Gasteiger partial charge in [0.2, 0.25) is 16.0 Å². The lowest BCUT2D eigenvalue weighted by atomic mass is 10.1. The van der Waals surface area contributed by atoms with Crippen LogP contribution < -0.4 is 10.5 Å². The van der Waals surface area contributed by atoms with Crippen LogP contribution in [0.25, 0.3) is 21.0 Å². The van der Waals surface area contributed by atoms with Gasteiger partial charge in [0.15, 0.2) is 0 Å². The van der Waals surface area contributed by atoms with Gasteiger partial charge in [0, 0.05) is 40.4 Å². The van der Waals surface area contributed by atoms with Gasteiger partial charge in [0.05, 0.1) is 15.3 Å². The lowest BCUT2D eigenvalue weighted by molar-refractivity contribution is 0.0729. The number of nitrogens with zero attached hydrogens (tertiary/aromatic N) is 3. The van der Waals surface area contributed by atoms with Gasteiger partial charge in [-0.3, -0.25) is 4.79 Å². The number of nitrogens with two attached hydrogens (primary N) is 1. The number of fused-ring (bicyclic) bond motifs is 3. The third-order valence-electron chi connectivity index (χ3n) is 5.52. The topological polar surface area (TPSA) is 118 Å². The summed E-state index contributed by atoms with van der Waals surface area (Å²) in [6, 6.07) is 12.0. The quantitative estimate of drug-likeness (QED) is 0.470. The van der Waals surface area contributed by atoms with Crippen LogP contribution in [-0.2, 0) is 10.0 Å². The zero-order chi connectivity index (χ0) is 22.3. The van der Waals surface area contributed by atoms with Crippen molar-refractivity contribution in [1.29, 1.82) is 0 Å². The van der Waals surface area contributed by atoms with Gasteiger partial charge in [-0.2, -0.15) is 0 Å². The molecule has 5 rings (SSSR count). The Morgan fingerprint density at radius 1 is 1.09 bits per heavy atom. The van der Waals surface area contributed by atoms with Gasteiger partial charge in [-0.1, -0.05) is 6.07 Å². The Morgan fingerprint density at radius 3 is 2.69 bits per heavy atom. The molecular weight excluding hydrogens is 446 g/mol. The maximum Gasteiger partial charge on any atom is 0.263 e. The predicted molar refractivity (Wildman–Crippen MR) is 126 cm³/mol. The Bertz CT molecular complexity index is 1440. The lowest BCUT2D eigenvalue weighted by Crippen LogP contribution is -2.35. The molecular formula is C22H21N5O3S2. The van der Waals surface area contributed by atoms with Crippen molar-refractivity contribution >= 4 is 59.9 Å². The fourth-order valence-corrected chi connectivity index (χ4v) is 5.50. The van der Waals surface area contributed by atoms with Gasteiger partial charge in [-0.25, -0.2) is 23.5 Å². The second-order valence-corrected chi connectivity index (χ2v) is 10.4. The molecule has 3 heterocycles. The van der Waals surface area contributed by atoms with Crippen LogP contribution in [0.15, 0.2) is 53.6 Å². The van der Waals surface area contributed by atoms with Gasteiger partial charge >= 0.3 is 0 Å². The number of rotatable bonds is 4. The highest BCUT2D eigenvalue weighted by molar-refractivity contribution is 7.89. The highest BCUT2D eigenvalue weighted by Gasteiger charge is 2.21. The first-order chi connectivity index (χ1) is 15.4. The summed E-state index contributed by atoms with van der Waals surface area (Å²) in [4.78, 5) is 24.6. The van der Waals surface area contributed by atoms with E-state index >= 15 is 0 Å². The van der Waals surface area contributed by atoms with Crippen LogP contribution >= 0.6 is 11.3 Å². The minimum Gasteiger partial charge on any atom is -0.338 e. The first-order valence-corrected chi connectivity index (χ1v) is 12.6. The molecule has 10 heteroatoms. The molecule has 1 aliphatic rings. The number of primary sulfonamides is 1. The van der Waals surface area contributed by atoms with Crippen molar-refractivity contribution in [2.45, 2.75) is 24.2 Å². The minimum absolute atomic E-state index is 0.00406. The van der Waals surface area contributed by atoms with Crippen molar-refractivity contribution in [3.8, 4) is 0 Å². The molecule has 0 saturated carbocycles. The van der Waals surface area contributed by atoms with E-state index in [1.807, 2.05) is 23.1 Å². The Balaban J connectivity index is 1.50. The van der Waals surface area contributed by atoms with E-state index in [4.69, 9.17) is 5.14 Å². The number of anilines is 2. The van der Waals surface area contributed by atoms with E-state index in [0.717, 1.165) is 46.9 Å². The molecule has 4 aromatic rings. The van der Waals surface area contributed by atoms with Crippen LogP contribution in [0.2, 0.25) is 0 Å². The average Bonchev–Trinajstić information content (AvgIpc) is 3.24. The minimum atomic E-state index is -3.81. The summed E-state index contributed by atoms with van der Waals surface area (Å²) in [7, 11) is -3.81. The Hall–Kier alpha value is -3.08. The molecule has 0 atom stereocenters. The Kier molecular flexibility index (Phi) is 5.28. The first kappa shape index (κ1) is 20.8. The van der Waals surface area contributed by atoms with Crippen LogP contribution in [0.1, 0.15) is 28.9 Å². The molecule has 1 aliphatic heterocycles. The summed E-state index contributed by atoms with van der Waals surface area (Å²) in [5.41, 5.74) is 1.24. The van der Waals surface area contributed by atoms with Gasteiger partial charge in [-0.05, 0) is 55.7 Å². The summed E-state index contributed by atoms with van der Waals surface area (Å²) >= 11 is 1.48. The Morgan fingerprint density at radius 2 is 1.91 bits per heavy atom. The molecule has 0 aliphatic carbocycles. The van der Waals surface area contributed by atoms with Crippen LogP contribution in [0.5, 0.6) is 0 Å². The summed E-state index contributed by atoms with van der Waals surface area (Å²) in [5.74, 6) is 0.401. The molecule has 1 saturated heterocycles. The third-order valence-corrected chi connectivity index (χ3v) is 7.52. The van der Waals surface area contributed by atoms with Crippen molar-refractivity contribution in [3.63, 3.8) is 0 Å². The third kappa shape index (κ3) is 4.04. The number of benzene rings is 2. The van der Waals surface area contributed by atoms with Crippen molar-refractivity contribution in [3.05, 3.63) is 53.5 Å². The molecule has 0 radical (unpaired) electrons. The number of nitrogens with one attached hydrogen (secondary N) is 1. The maximum absolute atomic E-state index is 13.0. The molecule has 1 amide bonds. The standard InChI is InChI=1S/C22H21N5O3S2/c23-32(29,30)16-6-4-5-15(11-16)25-22-24-13-14-7-8-18-17(20(14)26-22)12-19(31-18)21(28)27-9-2-1-3-10-27/h4-8,11-13H,1-3,9-10H2,(H2,23,29,30)(H,24,25,26). The number of carbonyl (C=O) groups excluding carboxylic acids is 1.